The molecule has 6 fully saturated rings. The number of hydrogen-bond donors (Lipinski definition) is 0. The molecule has 8 aliphatic rings. The van der Waals surface area contributed by atoms with Crippen molar-refractivity contribution in [3.63, 3.8) is 0 Å². The van der Waals surface area contributed by atoms with Crippen molar-refractivity contribution in [2.24, 2.45) is 142 Å². The van der Waals surface area contributed by atoms with Crippen LogP contribution >= 0.6 is 0 Å². The average molecular weight is 737 g/mol. The second kappa shape index (κ2) is 20.4. The summed E-state index contributed by atoms with van der Waals surface area (Å²) in [5.74, 6) is 23.1. The minimum atomic E-state index is 0.861. The van der Waals surface area contributed by atoms with Crippen LogP contribution in [0.15, 0.2) is 12.2 Å². The first-order chi connectivity index (χ1) is 24.6. The summed E-state index contributed by atoms with van der Waals surface area (Å²) in [5.41, 5.74) is 0. The van der Waals surface area contributed by atoms with Crippen LogP contribution in [-0.2, 0) is 0 Å². The number of hydrogen-bond acceptors (Lipinski definition) is 0. The Hall–Kier alpha value is -0.260. The Kier molecular flexibility index (Phi) is 18.2. The maximum absolute atomic E-state index is 2.47. The van der Waals surface area contributed by atoms with Gasteiger partial charge in [-0.25, -0.2) is 0 Å². The van der Waals surface area contributed by atoms with Crippen LogP contribution in [0, 0.1) is 142 Å². The third-order valence-corrected chi connectivity index (χ3v) is 20.1. The van der Waals surface area contributed by atoms with Gasteiger partial charge >= 0.3 is 0 Å². The van der Waals surface area contributed by atoms with E-state index in [4.69, 9.17) is 0 Å². The van der Waals surface area contributed by atoms with E-state index in [1.54, 1.807) is 0 Å². The Morgan fingerprint density at radius 2 is 0.396 bits per heavy atom. The molecular weight excluding hydrogens is 637 g/mol. The highest BCUT2D eigenvalue weighted by Gasteiger charge is 2.44. The standard InChI is InChI=1S/C14H26.C12H20.C10H20.C9H18.C8H16/c1-9-5-13(6-10(9)2)14-7-11(3)12(4)8-14;1-7-8(2)12-6-5-11(7)9(3)10(12)4;1-7-5-9(3)10(4)6-8(7)2;1-6-5-7(2)9(4)8(6)3;1-5-6(2)8(4)7(5)3/h9-14H,5-8H2,1-4H3;5-12H,1-4H3;7-10H,5-6H2,1-4H3;6-9H,5H2,1-4H3;5-8H,1-4H3. The van der Waals surface area contributed by atoms with Crippen LogP contribution in [0.5, 0.6) is 0 Å². The molecule has 312 valence electrons. The fourth-order valence-electron chi connectivity index (χ4n) is 13.0. The van der Waals surface area contributed by atoms with Gasteiger partial charge in [0.2, 0.25) is 0 Å². The van der Waals surface area contributed by atoms with E-state index < -0.39 is 0 Å². The minimum absolute atomic E-state index is 0.861. The first-order valence-electron chi connectivity index (χ1n) is 24.3. The van der Waals surface area contributed by atoms with Crippen molar-refractivity contribution in [1.82, 2.24) is 0 Å². The molecule has 0 aromatic rings. The molecular formula is C53H100. The predicted molar refractivity (Wildman–Crippen MR) is 239 cm³/mol. The second-order valence-corrected chi connectivity index (χ2v) is 23.1. The van der Waals surface area contributed by atoms with Gasteiger partial charge in [0.25, 0.3) is 0 Å². The largest absolute Gasteiger partial charge is 0.0846 e. The van der Waals surface area contributed by atoms with Crippen LogP contribution in [0.1, 0.15) is 183 Å². The summed E-state index contributed by atoms with van der Waals surface area (Å²) in [6.45, 7) is 48.0. The van der Waals surface area contributed by atoms with Crippen LogP contribution in [0.25, 0.3) is 0 Å². The Labute approximate surface area is 336 Å². The van der Waals surface area contributed by atoms with Crippen LogP contribution in [0.3, 0.4) is 0 Å². The molecule has 53 heavy (non-hydrogen) atoms. The van der Waals surface area contributed by atoms with Gasteiger partial charge in [-0.15, -0.1) is 0 Å². The number of rotatable bonds is 1. The molecule has 0 aliphatic heterocycles. The Morgan fingerprint density at radius 1 is 0.208 bits per heavy atom. The molecule has 16 atom stereocenters. The zero-order valence-corrected chi connectivity index (χ0v) is 40.0. The van der Waals surface area contributed by atoms with Gasteiger partial charge in [-0.3, -0.25) is 0 Å². The Bertz CT molecular complexity index is 920. The van der Waals surface area contributed by atoms with Gasteiger partial charge in [0.1, 0.15) is 0 Å². The van der Waals surface area contributed by atoms with Gasteiger partial charge in [0.05, 0.1) is 0 Å². The number of allylic oxidation sites excluding steroid dienone is 2. The van der Waals surface area contributed by atoms with Crippen LogP contribution in [-0.4, -0.2) is 0 Å². The summed E-state index contributed by atoms with van der Waals surface area (Å²) >= 11 is 0. The summed E-state index contributed by atoms with van der Waals surface area (Å²) in [6.07, 6.45) is 15.4. The molecule has 0 aromatic heterocycles. The lowest BCUT2D eigenvalue weighted by atomic mass is 9.55. The van der Waals surface area contributed by atoms with Gasteiger partial charge < -0.3 is 0 Å². The maximum atomic E-state index is 2.47. The molecule has 0 nitrogen and oxygen atoms in total. The van der Waals surface area contributed by atoms with Crippen LogP contribution < -0.4 is 0 Å². The van der Waals surface area contributed by atoms with Crippen molar-refractivity contribution < 1.29 is 0 Å². The van der Waals surface area contributed by atoms with Crippen LogP contribution in [0.4, 0.5) is 0 Å². The fourth-order valence-corrected chi connectivity index (χ4v) is 13.0. The lowest BCUT2D eigenvalue weighted by Crippen LogP contribution is -2.44. The molecule has 6 saturated carbocycles. The summed E-state index contributed by atoms with van der Waals surface area (Å²) in [4.78, 5) is 0. The van der Waals surface area contributed by atoms with Crippen molar-refractivity contribution >= 4 is 0 Å². The van der Waals surface area contributed by atoms with E-state index in [-0.39, 0.29) is 0 Å². The maximum Gasteiger partial charge on any atom is -0.0176 e. The van der Waals surface area contributed by atoms with Gasteiger partial charge in [0.15, 0.2) is 0 Å². The third-order valence-electron chi connectivity index (χ3n) is 20.1. The van der Waals surface area contributed by atoms with Gasteiger partial charge in [-0.1, -0.05) is 151 Å². The van der Waals surface area contributed by atoms with Gasteiger partial charge in [-0.2, -0.15) is 0 Å². The molecule has 0 heteroatoms. The summed E-state index contributed by atoms with van der Waals surface area (Å²) in [5, 5.41) is 0. The monoisotopic (exact) mass is 737 g/mol. The first-order valence-corrected chi connectivity index (χ1v) is 24.3. The molecule has 0 saturated heterocycles. The minimum Gasteiger partial charge on any atom is -0.0846 e. The van der Waals surface area contributed by atoms with Crippen molar-refractivity contribution in [2.75, 3.05) is 0 Å². The quantitative estimate of drug-likeness (QED) is 0.235. The fraction of sp³-hybridized carbons (Fsp3) is 0.962. The van der Waals surface area contributed by atoms with E-state index in [0.29, 0.717) is 0 Å². The van der Waals surface area contributed by atoms with E-state index in [0.717, 1.165) is 142 Å². The zero-order chi connectivity index (χ0) is 40.2. The van der Waals surface area contributed by atoms with E-state index in [1.165, 1.54) is 44.9 Å². The molecule has 8 rings (SSSR count). The van der Waals surface area contributed by atoms with E-state index in [9.17, 15) is 0 Å². The molecule has 0 radical (unpaired) electrons. The smallest absolute Gasteiger partial charge is 0.0176 e. The highest BCUT2D eigenvalue weighted by Crippen LogP contribution is 2.51. The second-order valence-electron chi connectivity index (χ2n) is 23.1. The predicted octanol–water partition coefficient (Wildman–Crippen LogP) is 16.5. The van der Waals surface area contributed by atoms with Crippen molar-refractivity contribution in [1.29, 1.82) is 0 Å². The van der Waals surface area contributed by atoms with Gasteiger partial charge in [0, 0.05) is 0 Å². The highest BCUT2D eigenvalue weighted by molar-refractivity contribution is 5.12. The lowest BCUT2D eigenvalue weighted by Gasteiger charge is -2.50. The molecule has 0 spiro atoms. The van der Waals surface area contributed by atoms with Crippen molar-refractivity contribution in [3.05, 3.63) is 12.2 Å². The molecule has 0 N–H and O–H groups in total. The summed E-state index contributed by atoms with van der Waals surface area (Å²) in [7, 11) is 0. The Balaban J connectivity index is 0.000000181. The third kappa shape index (κ3) is 11.7. The van der Waals surface area contributed by atoms with Crippen LogP contribution in [0.2, 0.25) is 0 Å². The molecule has 16 unspecified atom stereocenters. The first kappa shape index (κ1) is 47.1. The van der Waals surface area contributed by atoms with Crippen molar-refractivity contribution in [3.8, 4) is 0 Å². The Morgan fingerprint density at radius 3 is 0.585 bits per heavy atom. The van der Waals surface area contributed by atoms with E-state index >= 15 is 0 Å². The highest BCUT2D eigenvalue weighted by atomic mass is 14.5. The molecule has 2 bridgehead atoms. The number of fused-ring (bicyclic) bond motifs is 2. The molecule has 0 aromatic carbocycles. The molecule has 0 heterocycles. The lowest BCUT2D eigenvalue weighted by molar-refractivity contribution is 0.0302. The topological polar surface area (TPSA) is 0 Å². The summed E-state index contributed by atoms with van der Waals surface area (Å²) in [6, 6.07) is 0. The van der Waals surface area contributed by atoms with Gasteiger partial charge in [-0.05, 0) is 187 Å². The van der Waals surface area contributed by atoms with E-state index in [1.807, 2.05) is 0 Å². The molecule has 8 aliphatic carbocycles. The van der Waals surface area contributed by atoms with Crippen molar-refractivity contribution in [2.45, 2.75) is 183 Å². The summed E-state index contributed by atoms with van der Waals surface area (Å²) < 4.78 is 0. The average Bonchev–Trinajstić information content (AvgIpc) is 3.72. The van der Waals surface area contributed by atoms with E-state index in [2.05, 4.69) is 151 Å². The SMILES string of the molecule is CC1C(C)C(C)C1C.CC1C(C)C2C=CC1C(C)C2C.CC1CC(C)C(C)C1C.CC1CC(C)C(C)CC1C.CC1CC(C2CC(C)C(C)C2)CC1C. The normalized spacial score (nSPS) is 53.8. The molecule has 0 amide bonds. The zero-order valence-electron chi connectivity index (χ0n) is 40.0.